The maximum Gasteiger partial charge on any atom is 0.178 e. The van der Waals surface area contributed by atoms with Gasteiger partial charge in [0.1, 0.15) is 15.4 Å². The maximum atomic E-state index is 11.8. The van der Waals surface area contributed by atoms with Crippen LogP contribution in [-0.2, 0) is 9.84 Å². The fourth-order valence-corrected chi connectivity index (χ4v) is 7.65. The van der Waals surface area contributed by atoms with E-state index in [9.17, 15) is 13.5 Å². The molecule has 1 aliphatic heterocycles. The summed E-state index contributed by atoms with van der Waals surface area (Å²) >= 11 is 12.6. The Morgan fingerprint density at radius 2 is 2.00 bits per heavy atom. The van der Waals surface area contributed by atoms with Gasteiger partial charge in [0, 0.05) is 28.4 Å². The smallest absolute Gasteiger partial charge is 0.178 e. The molecule has 1 fully saturated rings. The molecule has 0 bridgehead atoms. The zero-order valence-corrected chi connectivity index (χ0v) is 26.2. The number of hydrogen-bond donors (Lipinski definition) is 1. The van der Waals surface area contributed by atoms with Crippen molar-refractivity contribution in [2.24, 2.45) is 5.92 Å². The molecule has 8 nitrogen and oxygen atoms in total. The first-order valence-electron chi connectivity index (χ1n) is 13.4. The maximum absolute atomic E-state index is 11.8. The summed E-state index contributed by atoms with van der Waals surface area (Å²) in [6.45, 7) is 7.06. The topological polar surface area (TPSA) is 101 Å². The zero-order valence-electron chi connectivity index (χ0n) is 23.1. The van der Waals surface area contributed by atoms with Gasteiger partial charge in [-0.2, -0.15) is 5.10 Å². The van der Waals surface area contributed by atoms with Crippen molar-refractivity contribution < 1.29 is 13.5 Å². The lowest BCUT2D eigenvalue weighted by Crippen LogP contribution is -2.50. The van der Waals surface area contributed by atoms with E-state index < -0.39 is 15.9 Å². The Balaban J connectivity index is 0.00000370. The van der Waals surface area contributed by atoms with Crippen LogP contribution < -0.4 is 0 Å². The minimum Gasteiger partial charge on any atom is -0.390 e. The molecule has 0 saturated carbocycles. The largest absolute Gasteiger partial charge is 0.390 e. The molecule has 3 heterocycles. The summed E-state index contributed by atoms with van der Waals surface area (Å²) in [5, 5.41) is 16.6. The summed E-state index contributed by atoms with van der Waals surface area (Å²) in [5.41, 5.74) is 5.16. The third kappa shape index (κ3) is 6.35. The van der Waals surface area contributed by atoms with E-state index in [1.807, 2.05) is 36.9 Å². The molecule has 0 radical (unpaired) electrons. The van der Waals surface area contributed by atoms with Crippen molar-refractivity contribution in [2.75, 3.05) is 18.6 Å². The number of sulfone groups is 1. The number of aryl methyl sites for hydroxylation is 1. The summed E-state index contributed by atoms with van der Waals surface area (Å²) in [6.07, 6.45) is 7.79. The molecule has 2 aliphatic rings. The fourth-order valence-electron chi connectivity index (χ4n) is 6.24. The van der Waals surface area contributed by atoms with Gasteiger partial charge in [-0.05, 0) is 75.3 Å². The van der Waals surface area contributed by atoms with Crippen LogP contribution in [-0.4, -0.2) is 74.9 Å². The van der Waals surface area contributed by atoms with Crippen molar-refractivity contribution in [3.63, 3.8) is 0 Å². The quantitative estimate of drug-likeness (QED) is 0.367. The van der Waals surface area contributed by atoms with Gasteiger partial charge in [-0.25, -0.2) is 23.1 Å². The van der Waals surface area contributed by atoms with E-state index in [-0.39, 0.29) is 36.3 Å². The Morgan fingerprint density at radius 1 is 1.25 bits per heavy atom. The van der Waals surface area contributed by atoms with Gasteiger partial charge in [0.15, 0.2) is 5.65 Å². The summed E-state index contributed by atoms with van der Waals surface area (Å²) in [4.78, 5) is 12.1. The number of allylic oxidation sites excluding steroid dienone is 1. The monoisotopic (exact) mass is 627 g/mol. The highest BCUT2D eigenvalue weighted by molar-refractivity contribution is 7.90. The van der Waals surface area contributed by atoms with Gasteiger partial charge < -0.3 is 5.11 Å². The molecule has 1 N–H and O–H groups in total. The molecule has 1 saturated heterocycles. The summed E-state index contributed by atoms with van der Waals surface area (Å²) < 4.78 is 25.5. The van der Waals surface area contributed by atoms with Crippen LogP contribution in [0.3, 0.4) is 0 Å². The van der Waals surface area contributed by atoms with Gasteiger partial charge >= 0.3 is 0 Å². The van der Waals surface area contributed by atoms with E-state index in [0.29, 0.717) is 21.6 Å². The van der Waals surface area contributed by atoms with Gasteiger partial charge in [-0.1, -0.05) is 42.3 Å². The van der Waals surface area contributed by atoms with Crippen molar-refractivity contribution in [1.82, 2.24) is 24.6 Å². The van der Waals surface area contributed by atoms with Gasteiger partial charge in [0.2, 0.25) is 0 Å². The Bertz CT molecular complexity index is 1530. The highest BCUT2D eigenvalue weighted by Crippen LogP contribution is 2.37. The van der Waals surface area contributed by atoms with Crippen LogP contribution in [0.15, 0.2) is 30.5 Å². The number of rotatable bonds is 7. The number of nitrogens with zero attached hydrogens (tertiary/aromatic N) is 5. The molecule has 12 heteroatoms. The molecular weight excluding hydrogens is 593 g/mol. The van der Waals surface area contributed by atoms with Gasteiger partial charge in [0.05, 0.1) is 35.5 Å². The second-order valence-corrected chi connectivity index (χ2v) is 14.1. The van der Waals surface area contributed by atoms with Crippen LogP contribution in [0.4, 0.5) is 0 Å². The first-order valence-corrected chi connectivity index (χ1v) is 16.2. The molecule has 2 aromatic heterocycles. The average Bonchev–Trinajstić information content (AvgIpc) is 3.47. The van der Waals surface area contributed by atoms with E-state index in [4.69, 9.17) is 38.3 Å². The Morgan fingerprint density at radius 3 is 2.67 bits per heavy atom. The Labute approximate surface area is 252 Å². The molecule has 1 aliphatic carbocycles. The van der Waals surface area contributed by atoms with Gasteiger partial charge in [-0.15, -0.1) is 12.4 Å². The average molecular weight is 629 g/mol. The van der Waals surface area contributed by atoms with Crippen LogP contribution in [0, 0.1) is 12.8 Å². The second kappa shape index (κ2) is 12.2. The minimum atomic E-state index is -3.25. The lowest BCUT2D eigenvalue weighted by molar-refractivity contribution is 0.0463. The van der Waals surface area contributed by atoms with E-state index in [0.717, 1.165) is 60.3 Å². The third-order valence-electron chi connectivity index (χ3n) is 8.17. The number of fused-ring (bicyclic) bond motifs is 1. The van der Waals surface area contributed by atoms with Crippen LogP contribution >= 0.6 is 35.6 Å². The SMILES string of the molecule is Cc1nn([C@H](C)c2ccc(Cl)cc2Cl)c2nc(C3=CC[C@H](N4CCCC4C(O)CS(C)(=O)=O)[C@H](C)C3)cnc12.Cl. The van der Waals surface area contributed by atoms with Gasteiger partial charge in [-0.3, -0.25) is 4.90 Å². The van der Waals surface area contributed by atoms with Crippen molar-refractivity contribution in [3.05, 3.63) is 57.5 Å². The molecule has 40 heavy (non-hydrogen) atoms. The predicted octanol–water partition coefficient (Wildman–Crippen LogP) is 5.52. The van der Waals surface area contributed by atoms with E-state index >= 15 is 0 Å². The number of benzene rings is 1. The minimum absolute atomic E-state index is 0. The molecule has 218 valence electrons. The number of halogens is 3. The van der Waals surface area contributed by atoms with Crippen molar-refractivity contribution in [3.8, 4) is 0 Å². The zero-order chi connectivity index (χ0) is 28.1. The van der Waals surface area contributed by atoms with Gasteiger partial charge in [0.25, 0.3) is 0 Å². The summed E-state index contributed by atoms with van der Waals surface area (Å²) in [7, 11) is -3.25. The summed E-state index contributed by atoms with van der Waals surface area (Å²) in [6, 6.07) is 5.43. The van der Waals surface area contributed by atoms with E-state index in [2.05, 4.69) is 17.9 Å². The molecule has 1 aromatic carbocycles. The van der Waals surface area contributed by atoms with Crippen molar-refractivity contribution >= 4 is 62.2 Å². The van der Waals surface area contributed by atoms with Crippen LogP contribution in [0.5, 0.6) is 0 Å². The molecule has 0 spiro atoms. The van der Waals surface area contributed by atoms with Crippen LogP contribution in [0.1, 0.15) is 62.5 Å². The fraction of sp³-hybridized carbons (Fsp3) is 0.536. The first-order chi connectivity index (χ1) is 18.4. The molecular formula is C28H36Cl3N5O3S. The third-order valence-corrected chi connectivity index (χ3v) is 9.68. The highest BCUT2D eigenvalue weighted by atomic mass is 35.5. The highest BCUT2D eigenvalue weighted by Gasteiger charge is 2.39. The standard InChI is InChI=1S/C28H35Cl2N5O3S.ClH/c1-16-12-19(7-10-24(16)34-11-5-6-25(34)26(36)15-39(4,37)38)23-14-31-27-17(2)33-35(28(27)32-23)18(3)21-9-8-20(29)13-22(21)30;/h7-9,13-14,16,18,24-26,36H,5-6,10-12,15H2,1-4H3;1H/t16-,18-,24+,25?,26?;/m1./s1. The van der Waals surface area contributed by atoms with E-state index in [1.54, 1.807) is 6.07 Å². The second-order valence-electron chi connectivity index (χ2n) is 11.1. The predicted molar refractivity (Wildman–Crippen MR) is 163 cm³/mol. The molecule has 5 atom stereocenters. The Kier molecular flexibility index (Phi) is 9.54. The Hall–Kier alpha value is -1.75. The number of aliphatic hydroxyl groups is 1. The van der Waals surface area contributed by atoms with Crippen LogP contribution in [0.25, 0.3) is 16.7 Å². The lowest BCUT2D eigenvalue weighted by atomic mass is 9.83. The molecule has 0 amide bonds. The molecule has 3 aromatic rings. The number of aromatic nitrogens is 4. The number of aliphatic hydroxyl groups excluding tert-OH is 1. The van der Waals surface area contributed by atoms with Crippen LogP contribution in [0.2, 0.25) is 10.0 Å². The number of hydrogen-bond acceptors (Lipinski definition) is 7. The lowest BCUT2D eigenvalue weighted by Gasteiger charge is -2.40. The first kappa shape index (κ1) is 31.2. The van der Waals surface area contributed by atoms with Crippen molar-refractivity contribution in [2.45, 2.75) is 70.7 Å². The molecule has 2 unspecified atom stereocenters. The molecule has 5 rings (SSSR count). The van der Waals surface area contributed by atoms with Crippen molar-refractivity contribution in [1.29, 1.82) is 0 Å². The normalized spacial score (nSPS) is 23.6. The summed E-state index contributed by atoms with van der Waals surface area (Å²) in [5.74, 6) is 0.116. The number of likely N-dealkylation sites (tertiary alicyclic amines) is 1. The van der Waals surface area contributed by atoms with E-state index in [1.165, 1.54) is 6.26 Å².